The summed E-state index contributed by atoms with van der Waals surface area (Å²) in [5.74, 6) is -0.416. The number of halogens is 4. The minimum Gasteiger partial charge on any atom is -0.299 e. The molecule has 20 heavy (non-hydrogen) atoms. The predicted octanol–water partition coefficient (Wildman–Crippen LogP) is 5.25. The summed E-state index contributed by atoms with van der Waals surface area (Å²) in [7, 11) is 0. The summed E-state index contributed by atoms with van der Waals surface area (Å²) < 4.78 is 13.7. The third-order valence-electron chi connectivity index (χ3n) is 2.82. The van der Waals surface area contributed by atoms with Crippen molar-refractivity contribution in [2.24, 2.45) is 0 Å². The maximum Gasteiger partial charge on any atom is 0.141 e. The van der Waals surface area contributed by atoms with E-state index in [1.807, 2.05) is 0 Å². The predicted molar refractivity (Wildman–Crippen MR) is 83.0 cm³/mol. The smallest absolute Gasteiger partial charge is 0.141 e. The Labute approximate surface area is 134 Å². The molecule has 0 N–H and O–H groups in total. The van der Waals surface area contributed by atoms with E-state index in [4.69, 9.17) is 23.2 Å². The first-order valence-electron chi connectivity index (χ1n) is 5.86. The van der Waals surface area contributed by atoms with E-state index in [-0.39, 0.29) is 24.4 Å². The number of benzene rings is 2. The van der Waals surface area contributed by atoms with Crippen molar-refractivity contribution in [3.63, 3.8) is 0 Å². The fourth-order valence-electron chi connectivity index (χ4n) is 1.84. The molecule has 0 bridgehead atoms. The Morgan fingerprint density at radius 2 is 1.80 bits per heavy atom. The van der Waals surface area contributed by atoms with Crippen LogP contribution in [0.15, 0.2) is 40.9 Å². The van der Waals surface area contributed by atoms with E-state index in [1.165, 1.54) is 6.07 Å². The molecule has 0 amide bonds. The van der Waals surface area contributed by atoms with Crippen LogP contribution >= 0.6 is 39.1 Å². The molecule has 0 aliphatic carbocycles. The van der Waals surface area contributed by atoms with Gasteiger partial charge in [0.15, 0.2) is 0 Å². The number of carbonyl (C=O) groups excluding carboxylic acids is 1. The number of hydrogen-bond acceptors (Lipinski definition) is 1. The van der Waals surface area contributed by atoms with Gasteiger partial charge < -0.3 is 0 Å². The van der Waals surface area contributed by atoms with Crippen LogP contribution in [0.3, 0.4) is 0 Å². The van der Waals surface area contributed by atoms with Gasteiger partial charge in [-0.2, -0.15) is 0 Å². The van der Waals surface area contributed by atoms with Gasteiger partial charge in [0.25, 0.3) is 0 Å². The van der Waals surface area contributed by atoms with Crippen LogP contribution in [0, 0.1) is 5.82 Å². The Balaban J connectivity index is 2.11. The zero-order valence-electron chi connectivity index (χ0n) is 10.3. The Morgan fingerprint density at radius 1 is 1.10 bits per heavy atom. The van der Waals surface area contributed by atoms with Gasteiger partial charge in [-0.3, -0.25) is 4.79 Å². The summed E-state index contributed by atoms with van der Waals surface area (Å²) in [6.07, 6.45) is 0.344. The van der Waals surface area contributed by atoms with Gasteiger partial charge >= 0.3 is 0 Å². The number of Topliss-reactive ketones (excluding diaryl/α,β-unsaturated/α-hetero) is 1. The standard InChI is InChI=1S/C15H10BrCl2FO/c16-15-10(2-1-3-14(15)19)7-12(20)6-9-4-5-11(17)8-13(9)18/h1-5,8H,6-7H2. The first-order valence-corrected chi connectivity index (χ1v) is 7.41. The molecule has 0 atom stereocenters. The molecule has 0 spiro atoms. The molecule has 5 heteroatoms. The third-order valence-corrected chi connectivity index (χ3v) is 4.30. The molecule has 2 aromatic rings. The summed E-state index contributed by atoms with van der Waals surface area (Å²) >= 11 is 15.0. The summed E-state index contributed by atoms with van der Waals surface area (Å²) in [5, 5.41) is 0.989. The molecule has 0 aliphatic rings. The second kappa shape index (κ2) is 6.70. The van der Waals surface area contributed by atoms with E-state index < -0.39 is 0 Å². The quantitative estimate of drug-likeness (QED) is 0.713. The van der Waals surface area contributed by atoms with Crippen LogP contribution in [0.4, 0.5) is 4.39 Å². The van der Waals surface area contributed by atoms with Gasteiger partial charge in [-0.05, 0) is 45.3 Å². The van der Waals surface area contributed by atoms with Crippen molar-refractivity contribution in [1.82, 2.24) is 0 Å². The second-order valence-electron chi connectivity index (χ2n) is 4.34. The average molecular weight is 376 g/mol. The van der Waals surface area contributed by atoms with Crippen LogP contribution in [0.1, 0.15) is 11.1 Å². The fraction of sp³-hybridized carbons (Fsp3) is 0.133. The Bertz CT molecular complexity index is 658. The zero-order valence-corrected chi connectivity index (χ0v) is 13.4. The van der Waals surface area contributed by atoms with Gasteiger partial charge in [-0.25, -0.2) is 4.39 Å². The van der Waals surface area contributed by atoms with Crippen molar-refractivity contribution in [2.75, 3.05) is 0 Å². The number of rotatable bonds is 4. The zero-order chi connectivity index (χ0) is 14.7. The normalized spacial score (nSPS) is 10.6. The molecule has 2 rings (SSSR count). The highest BCUT2D eigenvalue weighted by Gasteiger charge is 2.12. The van der Waals surface area contributed by atoms with Crippen molar-refractivity contribution in [2.45, 2.75) is 12.8 Å². The lowest BCUT2D eigenvalue weighted by molar-refractivity contribution is -0.117. The maximum atomic E-state index is 13.4. The molecule has 0 fully saturated rings. The van der Waals surface area contributed by atoms with Crippen LogP contribution in [-0.2, 0) is 17.6 Å². The molecule has 0 aliphatic heterocycles. The molecule has 0 saturated heterocycles. The molecule has 1 nitrogen and oxygen atoms in total. The summed E-state index contributed by atoms with van der Waals surface area (Å²) in [4.78, 5) is 12.0. The van der Waals surface area contributed by atoms with Gasteiger partial charge in [-0.15, -0.1) is 0 Å². The molecule has 0 saturated carbocycles. The van der Waals surface area contributed by atoms with E-state index in [9.17, 15) is 9.18 Å². The highest BCUT2D eigenvalue weighted by molar-refractivity contribution is 9.10. The van der Waals surface area contributed by atoms with Crippen LogP contribution < -0.4 is 0 Å². The number of carbonyl (C=O) groups is 1. The van der Waals surface area contributed by atoms with Gasteiger partial charge in [0.1, 0.15) is 11.6 Å². The van der Waals surface area contributed by atoms with Crippen molar-refractivity contribution in [3.05, 3.63) is 67.9 Å². The Morgan fingerprint density at radius 3 is 2.50 bits per heavy atom. The van der Waals surface area contributed by atoms with Crippen LogP contribution in [0.2, 0.25) is 10.0 Å². The average Bonchev–Trinajstić information content (AvgIpc) is 2.38. The molecular weight excluding hydrogens is 366 g/mol. The molecule has 0 aromatic heterocycles. The fourth-order valence-corrected chi connectivity index (χ4v) is 2.72. The summed E-state index contributed by atoms with van der Waals surface area (Å²) in [5.41, 5.74) is 1.34. The van der Waals surface area contributed by atoms with Crippen molar-refractivity contribution < 1.29 is 9.18 Å². The van der Waals surface area contributed by atoms with Crippen molar-refractivity contribution >= 4 is 44.9 Å². The number of hydrogen-bond donors (Lipinski definition) is 0. The number of ketones is 1. The van der Waals surface area contributed by atoms with E-state index in [0.717, 1.165) is 0 Å². The SMILES string of the molecule is O=C(Cc1ccc(Cl)cc1Cl)Cc1cccc(F)c1Br. The maximum absolute atomic E-state index is 13.4. The topological polar surface area (TPSA) is 17.1 Å². The Kier molecular flexibility index (Phi) is 5.19. The first kappa shape index (κ1) is 15.5. The lowest BCUT2D eigenvalue weighted by Gasteiger charge is -2.06. The summed E-state index contributed by atoms with van der Waals surface area (Å²) in [6, 6.07) is 9.65. The molecule has 0 radical (unpaired) electrons. The van der Waals surface area contributed by atoms with Gasteiger partial charge in [0.2, 0.25) is 0 Å². The monoisotopic (exact) mass is 374 g/mol. The van der Waals surface area contributed by atoms with E-state index in [0.29, 0.717) is 25.6 Å². The van der Waals surface area contributed by atoms with Gasteiger partial charge in [0, 0.05) is 22.9 Å². The van der Waals surface area contributed by atoms with Crippen molar-refractivity contribution in [3.8, 4) is 0 Å². The van der Waals surface area contributed by atoms with E-state index >= 15 is 0 Å². The third kappa shape index (κ3) is 3.81. The molecule has 0 heterocycles. The first-order chi connectivity index (χ1) is 9.47. The minimum absolute atomic E-state index is 0.0412. The Hall–Kier alpha value is -0.900. The van der Waals surface area contributed by atoms with Crippen LogP contribution in [-0.4, -0.2) is 5.78 Å². The lowest BCUT2D eigenvalue weighted by Crippen LogP contribution is -2.08. The van der Waals surface area contributed by atoms with Gasteiger partial charge in [-0.1, -0.05) is 41.4 Å². The molecule has 2 aromatic carbocycles. The van der Waals surface area contributed by atoms with Crippen LogP contribution in [0.5, 0.6) is 0 Å². The highest BCUT2D eigenvalue weighted by atomic mass is 79.9. The lowest BCUT2D eigenvalue weighted by atomic mass is 10.0. The van der Waals surface area contributed by atoms with E-state index in [1.54, 1.807) is 30.3 Å². The minimum atomic E-state index is -0.375. The van der Waals surface area contributed by atoms with Crippen LogP contribution in [0.25, 0.3) is 0 Å². The second-order valence-corrected chi connectivity index (χ2v) is 5.98. The van der Waals surface area contributed by atoms with Gasteiger partial charge in [0.05, 0.1) is 4.47 Å². The molecule has 0 unspecified atom stereocenters. The van der Waals surface area contributed by atoms with Crippen molar-refractivity contribution in [1.29, 1.82) is 0 Å². The van der Waals surface area contributed by atoms with E-state index in [2.05, 4.69) is 15.9 Å². The largest absolute Gasteiger partial charge is 0.299 e. The molecule has 104 valence electrons. The molecular formula is C15H10BrCl2FO. The summed E-state index contributed by atoms with van der Waals surface area (Å²) in [6.45, 7) is 0. The highest BCUT2D eigenvalue weighted by Crippen LogP contribution is 2.24.